The van der Waals surface area contributed by atoms with Gasteiger partial charge in [0.2, 0.25) is 0 Å². The minimum atomic E-state index is 0.318. The SMILES string of the molecule is CC(C)C(N)C1CCc2ccccc21. The molecule has 1 aromatic rings. The molecule has 1 nitrogen and oxygen atoms in total. The predicted molar refractivity (Wildman–Crippen MR) is 60.3 cm³/mol. The van der Waals surface area contributed by atoms with Crippen molar-refractivity contribution in [2.45, 2.75) is 38.6 Å². The summed E-state index contributed by atoms with van der Waals surface area (Å²) in [4.78, 5) is 0. The third kappa shape index (κ3) is 1.57. The van der Waals surface area contributed by atoms with Crippen molar-refractivity contribution >= 4 is 0 Å². The van der Waals surface area contributed by atoms with Gasteiger partial charge in [-0.15, -0.1) is 0 Å². The van der Waals surface area contributed by atoms with E-state index in [1.807, 2.05) is 0 Å². The molecule has 0 aromatic heterocycles. The maximum atomic E-state index is 6.24. The molecule has 0 radical (unpaired) electrons. The van der Waals surface area contributed by atoms with Gasteiger partial charge >= 0.3 is 0 Å². The number of nitrogens with two attached hydrogens (primary N) is 1. The lowest BCUT2D eigenvalue weighted by Gasteiger charge is -2.23. The third-order valence-corrected chi connectivity index (χ3v) is 3.41. The maximum absolute atomic E-state index is 6.24. The Morgan fingerprint density at radius 2 is 2.00 bits per heavy atom. The third-order valence-electron chi connectivity index (χ3n) is 3.41. The van der Waals surface area contributed by atoms with Gasteiger partial charge < -0.3 is 5.73 Å². The number of aryl methyl sites for hydroxylation is 1. The van der Waals surface area contributed by atoms with Gasteiger partial charge in [-0.3, -0.25) is 0 Å². The monoisotopic (exact) mass is 189 g/mol. The Hall–Kier alpha value is -0.820. The van der Waals surface area contributed by atoms with Crippen molar-refractivity contribution in [3.8, 4) is 0 Å². The van der Waals surface area contributed by atoms with Crippen molar-refractivity contribution < 1.29 is 0 Å². The molecule has 0 saturated carbocycles. The number of rotatable bonds is 2. The molecule has 0 spiro atoms. The normalized spacial score (nSPS) is 22.4. The Bertz CT molecular complexity index is 317. The molecule has 2 atom stereocenters. The summed E-state index contributed by atoms with van der Waals surface area (Å²) in [5.74, 6) is 1.16. The van der Waals surface area contributed by atoms with Crippen LogP contribution in [0.15, 0.2) is 24.3 Å². The Balaban J connectivity index is 2.26. The average molecular weight is 189 g/mol. The lowest BCUT2D eigenvalue weighted by Crippen LogP contribution is -2.32. The van der Waals surface area contributed by atoms with Crippen LogP contribution in [0, 0.1) is 5.92 Å². The fourth-order valence-corrected chi connectivity index (χ4v) is 2.45. The molecule has 76 valence electrons. The highest BCUT2D eigenvalue weighted by Gasteiger charge is 2.28. The van der Waals surface area contributed by atoms with Gasteiger partial charge in [0.15, 0.2) is 0 Å². The van der Waals surface area contributed by atoms with E-state index in [-0.39, 0.29) is 0 Å². The molecule has 1 aliphatic rings. The van der Waals surface area contributed by atoms with E-state index in [1.165, 1.54) is 24.0 Å². The van der Waals surface area contributed by atoms with Gasteiger partial charge in [0.25, 0.3) is 0 Å². The van der Waals surface area contributed by atoms with Crippen molar-refractivity contribution in [2.24, 2.45) is 11.7 Å². The fraction of sp³-hybridized carbons (Fsp3) is 0.538. The van der Waals surface area contributed by atoms with Crippen molar-refractivity contribution in [1.82, 2.24) is 0 Å². The lowest BCUT2D eigenvalue weighted by atomic mass is 9.87. The van der Waals surface area contributed by atoms with E-state index >= 15 is 0 Å². The summed E-state index contributed by atoms with van der Waals surface area (Å²) in [6, 6.07) is 9.06. The Kier molecular flexibility index (Phi) is 2.60. The predicted octanol–water partition coefficient (Wildman–Crippen LogP) is 2.70. The number of hydrogen-bond donors (Lipinski definition) is 1. The minimum Gasteiger partial charge on any atom is -0.327 e. The second-order valence-corrected chi connectivity index (χ2v) is 4.67. The van der Waals surface area contributed by atoms with Crippen LogP contribution >= 0.6 is 0 Å². The largest absolute Gasteiger partial charge is 0.327 e. The molecule has 2 unspecified atom stereocenters. The quantitative estimate of drug-likeness (QED) is 0.760. The molecule has 0 bridgehead atoms. The first-order chi connectivity index (χ1) is 6.70. The zero-order valence-corrected chi connectivity index (χ0v) is 9.03. The van der Waals surface area contributed by atoms with Crippen molar-refractivity contribution in [3.63, 3.8) is 0 Å². The average Bonchev–Trinajstić information content (AvgIpc) is 2.60. The molecular weight excluding hydrogens is 170 g/mol. The van der Waals surface area contributed by atoms with E-state index in [0.29, 0.717) is 17.9 Å². The highest BCUT2D eigenvalue weighted by Crippen LogP contribution is 2.36. The summed E-state index contributed by atoms with van der Waals surface area (Å²) in [5, 5.41) is 0. The summed E-state index contributed by atoms with van der Waals surface area (Å²) in [5.41, 5.74) is 9.24. The molecule has 1 aliphatic carbocycles. The highest BCUT2D eigenvalue weighted by molar-refractivity contribution is 5.35. The summed E-state index contributed by atoms with van der Waals surface area (Å²) in [6.45, 7) is 4.43. The van der Waals surface area contributed by atoms with Crippen LogP contribution < -0.4 is 5.73 Å². The van der Waals surface area contributed by atoms with Crippen LogP contribution in [0.2, 0.25) is 0 Å². The Labute approximate surface area is 86.3 Å². The van der Waals surface area contributed by atoms with Gasteiger partial charge in [0.1, 0.15) is 0 Å². The van der Waals surface area contributed by atoms with E-state index in [4.69, 9.17) is 5.73 Å². The molecule has 2 rings (SSSR count). The van der Waals surface area contributed by atoms with Gasteiger partial charge in [0.05, 0.1) is 0 Å². The van der Waals surface area contributed by atoms with Crippen LogP contribution in [0.3, 0.4) is 0 Å². The zero-order chi connectivity index (χ0) is 10.1. The van der Waals surface area contributed by atoms with E-state index < -0.39 is 0 Å². The molecule has 1 aromatic carbocycles. The smallest absolute Gasteiger partial charge is 0.0131 e. The second kappa shape index (κ2) is 3.74. The molecule has 0 aliphatic heterocycles. The van der Waals surface area contributed by atoms with Crippen LogP contribution in [0.5, 0.6) is 0 Å². The molecule has 0 saturated heterocycles. The van der Waals surface area contributed by atoms with Crippen molar-refractivity contribution in [2.75, 3.05) is 0 Å². The summed E-state index contributed by atoms with van der Waals surface area (Å²) in [6.07, 6.45) is 2.44. The Morgan fingerprint density at radius 1 is 1.29 bits per heavy atom. The minimum absolute atomic E-state index is 0.318. The van der Waals surface area contributed by atoms with Gasteiger partial charge in [0, 0.05) is 6.04 Å². The second-order valence-electron chi connectivity index (χ2n) is 4.67. The zero-order valence-electron chi connectivity index (χ0n) is 9.03. The van der Waals surface area contributed by atoms with Crippen LogP contribution in [0.25, 0.3) is 0 Å². The number of benzene rings is 1. The van der Waals surface area contributed by atoms with Crippen LogP contribution in [0.4, 0.5) is 0 Å². The van der Waals surface area contributed by atoms with E-state index in [2.05, 4.69) is 38.1 Å². The standard InChI is InChI=1S/C13H19N/c1-9(2)13(14)12-8-7-10-5-3-4-6-11(10)12/h3-6,9,12-13H,7-8,14H2,1-2H3. The Morgan fingerprint density at radius 3 is 2.71 bits per heavy atom. The molecule has 14 heavy (non-hydrogen) atoms. The molecular formula is C13H19N. The molecule has 2 N–H and O–H groups in total. The first-order valence-corrected chi connectivity index (χ1v) is 5.53. The topological polar surface area (TPSA) is 26.0 Å². The van der Waals surface area contributed by atoms with Gasteiger partial charge in [-0.05, 0) is 35.8 Å². The highest BCUT2D eigenvalue weighted by atomic mass is 14.7. The summed E-state index contributed by atoms with van der Waals surface area (Å²) in [7, 11) is 0. The molecule has 0 heterocycles. The summed E-state index contributed by atoms with van der Waals surface area (Å²) >= 11 is 0. The van der Waals surface area contributed by atoms with E-state index in [0.717, 1.165) is 0 Å². The van der Waals surface area contributed by atoms with Crippen LogP contribution in [-0.2, 0) is 6.42 Å². The molecule has 0 fully saturated rings. The maximum Gasteiger partial charge on any atom is 0.0131 e. The van der Waals surface area contributed by atoms with Crippen LogP contribution in [-0.4, -0.2) is 6.04 Å². The first-order valence-electron chi connectivity index (χ1n) is 5.53. The molecule has 1 heteroatoms. The van der Waals surface area contributed by atoms with E-state index in [1.54, 1.807) is 0 Å². The molecule has 0 amide bonds. The van der Waals surface area contributed by atoms with Gasteiger partial charge in [-0.25, -0.2) is 0 Å². The van der Waals surface area contributed by atoms with Crippen LogP contribution in [0.1, 0.15) is 37.3 Å². The van der Waals surface area contributed by atoms with Crippen molar-refractivity contribution in [3.05, 3.63) is 35.4 Å². The van der Waals surface area contributed by atoms with Gasteiger partial charge in [-0.1, -0.05) is 38.1 Å². The first kappa shape index (κ1) is 9.72. The van der Waals surface area contributed by atoms with Gasteiger partial charge in [-0.2, -0.15) is 0 Å². The number of hydrogen-bond acceptors (Lipinski definition) is 1. The lowest BCUT2D eigenvalue weighted by molar-refractivity contribution is 0.414. The van der Waals surface area contributed by atoms with E-state index in [9.17, 15) is 0 Å². The van der Waals surface area contributed by atoms with Crippen molar-refractivity contribution in [1.29, 1.82) is 0 Å². The fourth-order valence-electron chi connectivity index (χ4n) is 2.45. The summed E-state index contributed by atoms with van der Waals surface area (Å²) < 4.78 is 0. The number of fused-ring (bicyclic) bond motifs is 1.